The van der Waals surface area contributed by atoms with Gasteiger partial charge in [0, 0.05) is 22.7 Å². The van der Waals surface area contributed by atoms with Gasteiger partial charge in [0.25, 0.3) is 0 Å². The molecule has 1 aliphatic heterocycles. The lowest BCUT2D eigenvalue weighted by molar-refractivity contribution is -0.126. The summed E-state index contributed by atoms with van der Waals surface area (Å²) in [5.74, 6) is -1.00. The Hall–Kier alpha value is -4.02. The first kappa shape index (κ1) is 26.6. The molecule has 1 amide bonds. The van der Waals surface area contributed by atoms with Crippen molar-refractivity contribution in [3.8, 4) is 5.69 Å². The molecular weight excluding hydrogens is 536 g/mol. The largest absolute Gasteiger partial charge is 0.345 e. The van der Waals surface area contributed by atoms with Gasteiger partial charge in [0.05, 0.1) is 34.0 Å². The molecule has 1 aromatic heterocycles. The molecule has 0 aliphatic carbocycles. The summed E-state index contributed by atoms with van der Waals surface area (Å²) in [7, 11) is -1.77. The van der Waals surface area contributed by atoms with Crippen LogP contribution in [0.3, 0.4) is 0 Å². The Morgan fingerprint density at radius 2 is 1.90 bits per heavy atom. The summed E-state index contributed by atoms with van der Waals surface area (Å²) in [6.45, 7) is 2.58. The lowest BCUT2D eigenvalue weighted by atomic mass is 9.95. The fourth-order valence-electron chi connectivity index (χ4n) is 4.51. The van der Waals surface area contributed by atoms with Crippen LogP contribution in [0, 0.1) is 0 Å². The number of hydrogen-bond acceptors (Lipinski definition) is 7. The number of tetrazole rings is 1. The smallest absolute Gasteiger partial charge is 0.233 e. The molecular formula is C28H25ClN6O3S. The van der Waals surface area contributed by atoms with Crippen LogP contribution in [0.5, 0.6) is 0 Å². The maximum absolute atomic E-state index is 13.5. The lowest BCUT2D eigenvalue weighted by Gasteiger charge is -2.19. The molecule has 4 aromatic rings. The van der Waals surface area contributed by atoms with Crippen molar-refractivity contribution in [2.24, 2.45) is 4.99 Å². The van der Waals surface area contributed by atoms with Crippen molar-refractivity contribution in [3.05, 3.63) is 100 Å². The third kappa shape index (κ3) is 6.35. The first-order chi connectivity index (χ1) is 18.9. The maximum Gasteiger partial charge on any atom is 0.233 e. The van der Waals surface area contributed by atoms with E-state index in [2.05, 4.69) is 25.8 Å². The first-order valence-corrected chi connectivity index (χ1v) is 14.0. The Morgan fingerprint density at radius 1 is 1.08 bits per heavy atom. The van der Waals surface area contributed by atoms with Crippen LogP contribution in [0.4, 0.5) is 0 Å². The molecule has 0 saturated heterocycles. The second-order valence-corrected chi connectivity index (χ2v) is 11.1. The standard InChI is InChI=1S/C28H25ClN6O3S/c1-18-23-9-7-20(11-21(23)15-30-18)13-26(36)24(12-19-5-3-2-4-6-19)32-28(37)16-39(38)27-14-22(29)8-10-25(27)35-17-31-33-34-35/h2-11,14,17,24H,12-13,15-16H2,1H3,(H,32,37)/t24-,39?/m0/s1. The minimum atomic E-state index is -1.77. The van der Waals surface area contributed by atoms with Gasteiger partial charge in [-0.15, -0.1) is 5.10 Å². The van der Waals surface area contributed by atoms with Gasteiger partial charge < -0.3 is 5.32 Å². The van der Waals surface area contributed by atoms with Crippen molar-refractivity contribution in [3.63, 3.8) is 0 Å². The molecule has 9 nitrogen and oxygen atoms in total. The van der Waals surface area contributed by atoms with Crippen molar-refractivity contribution in [1.82, 2.24) is 25.5 Å². The van der Waals surface area contributed by atoms with Crippen molar-refractivity contribution < 1.29 is 13.8 Å². The van der Waals surface area contributed by atoms with Crippen molar-refractivity contribution in [2.75, 3.05) is 5.75 Å². The summed E-state index contributed by atoms with van der Waals surface area (Å²) in [4.78, 5) is 31.3. The zero-order valence-electron chi connectivity index (χ0n) is 21.1. The summed E-state index contributed by atoms with van der Waals surface area (Å²) < 4.78 is 14.6. The van der Waals surface area contributed by atoms with E-state index in [4.69, 9.17) is 11.6 Å². The number of fused-ring (bicyclic) bond motifs is 1. The highest BCUT2D eigenvalue weighted by Gasteiger charge is 2.24. The van der Waals surface area contributed by atoms with E-state index in [1.54, 1.807) is 12.1 Å². The molecule has 11 heteroatoms. The zero-order chi connectivity index (χ0) is 27.4. The minimum absolute atomic E-state index is 0.134. The molecule has 0 bridgehead atoms. The maximum atomic E-state index is 13.5. The molecule has 39 heavy (non-hydrogen) atoms. The summed E-state index contributed by atoms with van der Waals surface area (Å²) >= 11 is 6.15. The number of Topliss-reactive ketones (excluding diaryl/α,β-unsaturated/α-hetero) is 1. The Kier molecular flexibility index (Phi) is 8.04. The second kappa shape index (κ2) is 11.8. The molecule has 1 N–H and O–H groups in total. The van der Waals surface area contributed by atoms with Gasteiger partial charge in [0.1, 0.15) is 12.1 Å². The van der Waals surface area contributed by atoms with Crippen LogP contribution in [0.1, 0.15) is 29.2 Å². The number of benzene rings is 3. The number of amides is 1. The monoisotopic (exact) mass is 560 g/mol. The summed E-state index contributed by atoms with van der Waals surface area (Å²) in [6, 6.07) is 19.4. The van der Waals surface area contributed by atoms with Crippen LogP contribution in [-0.4, -0.2) is 53.6 Å². The number of rotatable bonds is 10. The van der Waals surface area contributed by atoms with Crippen LogP contribution >= 0.6 is 11.6 Å². The van der Waals surface area contributed by atoms with Gasteiger partial charge in [0.15, 0.2) is 5.78 Å². The molecule has 2 atom stereocenters. The molecule has 0 fully saturated rings. The lowest BCUT2D eigenvalue weighted by Crippen LogP contribution is -2.44. The van der Waals surface area contributed by atoms with Gasteiger partial charge in [-0.3, -0.25) is 18.8 Å². The van der Waals surface area contributed by atoms with E-state index in [9.17, 15) is 13.8 Å². The van der Waals surface area contributed by atoms with Crippen molar-refractivity contribution in [1.29, 1.82) is 0 Å². The molecule has 1 unspecified atom stereocenters. The average Bonchev–Trinajstić information content (AvgIpc) is 3.59. The van der Waals surface area contributed by atoms with E-state index in [0.29, 0.717) is 28.6 Å². The number of nitrogens with one attached hydrogen (secondary N) is 1. The van der Waals surface area contributed by atoms with E-state index < -0.39 is 22.7 Å². The highest BCUT2D eigenvalue weighted by molar-refractivity contribution is 7.86. The summed E-state index contributed by atoms with van der Waals surface area (Å²) in [5, 5.41) is 14.3. The van der Waals surface area contributed by atoms with Crippen LogP contribution in [-0.2, 0) is 39.8 Å². The predicted molar refractivity (Wildman–Crippen MR) is 149 cm³/mol. The summed E-state index contributed by atoms with van der Waals surface area (Å²) in [5.41, 5.74) is 5.41. The number of ketones is 1. The van der Waals surface area contributed by atoms with Crippen molar-refractivity contribution in [2.45, 2.75) is 37.2 Å². The van der Waals surface area contributed by atoms with E-state index in [1.807, 2.05) is 55.5 Å². The zero-order valence-corrected chi connectivity index (χ0v) is 22.7. The van der Waals surface area contributed by atoms with Crippen molar-refractivity contribution >= 4 is 39.8 Å². The Bertz CT molecular complexity index is 1570. The van der Waals surface area contributed by atoms with Gasteiger partial charge in [-0.25, -0.2) is 0 Å². The van der Waals surface area contributed by atoms with Gasteiger partial charge >= 0.3 is 0 Å². The van der Waals surface area contributed by atoms with E-state index >= 15 is 0 Å². The Labute approximate surface area is 232 Å². The van der Waals surface area contributed by atoms with Crippen LogP contribution < -0.4 is 5.32 Å². The number of carbonyl (C=O) groups is 2. The van der Waals surface area contributed by atoms with E-state index in [1.165, 1.54) is 17.1 Å². The molecule has 0 radical (unpaired) electrons. The highest BCUT2D eigenvalue weighted by Crippen LogP contribution is 2.23. The van der Waals surface area contributed by atoms with E-state index in [-0.39, 0.29) is 18.0 Å². The fourth-order valence-corrected chi connectivity index (χ4v) is 5.88. The second-order valence-electron chi connectivity index (χ2n) is 9.20. The quantitative estimate of drug-likeness (QED) is 0.318. The molecule has 3 aromatic carbocycles. The molecule has 2 heterocycles. The molecule has 198 valence electrons. The third-order valence-electron chi connectivity index (χ3n) is 6.46. The van der Waals surface area contributed by atoms with Gasteiger partial charge in [-0.1, -0.05) is 60.1 Å². The Morgan fingerprint density at radius 3 is 2.67 bits per heavy atom. The van der Waals surface area contributed by atoms with Gasteiger partial charge in [-0.05, 0) is 58.7 Å². The fraction of sp³-hybridized carbons (Fsp3) is 0.214. The number of carbonyl (C=O) groups excluding carboxylic acids is 2. The van der Waals surface area contributed by atoms with Crippen LogP contribution in [0.2, 0.25) is 5.02 Å². The van der Waals surface area contributed by atoms with Gasteiger partial charge in [-0.2, -0.15) is 4.68 Å². The van der Waals surface area contributed by atoms with E-state index in [0.717, 1.165) is 28.0 Å². The topological polar surface area (TPSA) is 119 Å². The van der Waals surface area contributed by atoms with Gasteiger partial charge in [0.2, 0.25) is 5.91 Å². The van der Waals surface area contributed by atoms with Crippen LogP contribution in [0.25, 0.3) is 5.69 Å². The normalized spacial score (nSPS) is 13.8. The number of nitrogens with zero attached hydrogens (tertiary/aromatic N) is 5. The third-order valence-corrected chi connectivity index (χ3v) is 8.03. The molecule has 0 spiro atoms. The summed E-state index contributed by atoms with van der Waals surface area (Å²) in [6.07, 6.45) is 1.84. The molecule has 1 aliphatic rings. The average molecular weight is 561 g/mol. The predicted octanol–water partition coefficient (Wildman–Crippen LogP) is 3.29. The number of aromatic nitrogens is 4. The number of hydrogen-bond donors (Lipinski definition) is 1. The SMILES string of the molecule is CC1=NCc2cc(CC(=O)[C@H](Cc3ccccc3)NC(=O)CS(=O)c3cc(Cl)ccc3-n3cnnn3)ccc21. The molecule has 0 saturated carbocycles. The minimum Gasteiger partial charge on any atom is -0.345 e. The number of halogens is 1. The molecule has 5 rings (SSSR count). The van der Waals surface area contributed by atoms with Crippen LogP contribution in [0.15, 0.2) is 82.9 Å². The number of aliphatic imine (C=N–C) groups is 1. The highest BCUT2D eigenvalue weighted by atomic mass is 35.5. The Balaban J connectivity index is 1.32. The first-order valence-electron chi connectivity index (χ1n) is 12.3.